The van der Waals surface area contributed by atoms with Crippen LogP contribution in [-0.2, 0) is 10.9 Å². The van der Waals surface area contributed by atoms with Crippen molar-refractivity contribution in [3.63, 3.8) is 0 Å². The first kappa shape index (κ1) is 17.7. The number of aromatic nitrogens is 2. The zero-order valence-electron chi connectivity index (χ0n) is 12.2. The molecule has 0 unspecified atom stereocenters. The normalized spacial score (nSPS) is 11.0. The molecular weight excluding hydrogens is 349 g/mol. The van der Waals surface area contributed by atoms with E-state index in [4.69, 9.17) is 4.74 Å². The van der Waals surface area contributed by atoms with Gasteiger partial charge in [-0.3, -0.25) is 5.32 Å². The minimum absolute atomic E-state index is 0.0675. The van der Waals surface area contributed by atoms with Gasteiger partial charge in [-0.2, -0.15) is 13.2 Å². The smallest absolute Gasteiger partial charge is 0.416 e. The zero-order chi connectivity index (χ0) is 17.7. The second-order valence-electron chi connectivity index (χ2n) is 4.33. The van der Waals surface area contributed by atoms with Gasteiger partial charge in [-0.15, -0.1) is 5.10 Å². The molecule has 1 heterocycles. The Bertz CT molecular complexity index is 731. The van der Waals surface area contributed by atoms with Gasteiger partial charge in [-0.1, -0.05) is 4.49 Å². The summed E-state index contributed by atoms with van der Waals surface area (Å²) in [5.41, 5.74) is -0.829. The molecule has 0 bridgehead atoms. The number of rotatable bonds is 4. The Kier molecular flexibility index (Phi) is 5.34. The Morgan fingerprint density at radius 3 is 2.46 bits per heavy atom. The molecule has 24 heavy (non-hydrogen) atoms. The van der Waals surface area contributed by atoms with Gasteiger partial charge in [-0.05, 0) is 31.2 Å². The first-order chi connectivity index (χ1) is 11.3. The number of amides is 2. The molecule has 0 saturated heterocycles. The summed E-state index contributed by atoms with van der Waals surface area (Å²) in [6, 6.07) is 3.15. The molecule has 128 valence electrons. The first-order valence-electron chi connectivity index (χ1n) is 6.56. The van der Waals surface area contributed by atoms with Crippen molar-refractivity contribution in [1.82, 2.24) is 9.59 Å². The summed E-state index contributed by atoms with van der Waals surface area (Å²) in [6.07, 6.45) is -4.45. The zero-order valence-corrected chi connectivity index (χ0v) is 13.0. The molecule has 2 rings (SSSR count). The predicted molar refractivity (Wildman–Crippen MR) is 80.0 cm³/mol. The maximum Gasteiger partial charge on any atom is 0.416 e. The second kappa shape index (κ2) is 7.25. The molecule has 0 aliphatic rings. The summed E-state index contributed by atoms with van der Waals surface area (Å²) in [6.45, 7) is 1.75. The van der Waals surface area contributed by atoms with Crippen LogP contribution in [0.3, 0.4) is 0 Å². The second-order valence-corrected chi connectivity index (χ2v) is 5.08. The molecule has 2 aromatic rings. The molecule has 11 heteroatoms. The molecule has 0 aliphatic carbocycles. The Balaban J connectivity index is 2.02. The molecule has 2 N–H and O–H groups in total. The quantitative estimate of drug-likeness (QED) is 0.816. The van der Waals surface area contributed by atoms with Gasteiger partial charge in [0, 0.05) is 17.2 Å². The van der Waals surface area contributed by atoms with Crippen molar-refractivity contribution >= 4 is 34.2 Å². The van der Waals surface area contributed by atoms with E-state index in [9.17, 15) is 22.8 Å². The number of nitrogens with zero attached hydrogens (tertiary/aromatic N) is 2. The van der Waals surface area contributed by atoms with Gasteiger partial charge in [0.1, 0.15) is 0 Å². The SMILES string of the molecule is CCOC(=O)c1nnsc1NC(=O)Nc1ccc(C(F)(F)F)cc1. The van der Waals surface area contributed by atoms with Gasteiger partial charge in [0.25, 0.3) is 0 Å². The van der Waals surface area contributed by atoms with Gasteiger partial charge in [0.05, 0.1) is 12.2 Å². The molecule has 2 amide bonds. The average Bonchev–Trinajstić information content (AvgIpc) is 2.95. The fourth-order valence-corrected chi connectivity index (χ4v) is 2.17. The lowest BCUT2D eigenvalue weighted by atomic mass is 10.2. The van der Waals surface area contributed by atoms with Crippen LogP contribution in [-0.4, -0.2) is 28.2 Å². The highest BCUT2D eigenvalue weighted by Gasteiger charge is 2.30. The minimum Gasteiger partial charge on any atom is -0.461 e. The summed E-state index contributed by atoms with van der Waals surface area (Å²) in [7, 11) is 0. The molecule has 0 saturated carbocycles. The van der Waals surface area contributed by atoms with Crippen LogP contribution in [0.2, 0.25) is 0 Å². The van der Waals surface area contributed by atoms with Crippen LogP contribution < -0.4 is 10.6 Å². The third kappa shape index (κ3) is 4.41. The summed E-state index contributed by atoms with van der Waals surface area (Å²) in [4.78, 5) is 23.5. The Hall–Kier alpha value is -2.69. The summed E-state index contributed by atoms with van der Waals surface area (Å²) in [5.74, 6) is -0.740. The average molecular weight is 360 g/mol. The van der Waals surface area contributed by atoms with Crippen LogP contribution >= 0.6 is 11.5 Å². The number of carbonyl (C=O) groups excluding carboxylic acids is 2. The number of esters is 1. The third-order valence-corrected chi connectivity index (χ3v) is 3.30. The predicted octanol–water partition coefficient (Wildman–Crippen LogP) is 3.38. The number of benzene rings is 1. The maximum atomic E-state index is 12.5. The summed E-state index contributed by atoms with van der Waals surface area (Å²) in [5, 5.41) is 8.31. The lowest BCUT2D eigenvalue weighted by Crippen LogP contribution is -2.20. The van der Waals surface area contributed by atoms with Gasteiger partial charge in [0.15, 0.2) is 5.00 Å². The number of alkyl halides is 3. The van der Waals surface area contributed by atoms with Crippen molar-refractivity contribution in [1.29, 1.82) is 0 Å². The van der Waals surface area contributed by atoms with Crippen molar-refractivity contribution in [2.24, 2.45) is 0 Å². The third-order valence-electron chi connectivity index (χ3n) is 2.65. The van der Waals surface area contributed by atoms with E-state index in [1.165, 1.54) is 0 Å². The molecule has 0 fully saturated rings. The van der Waals surface area contributed by atoms with Gasteiger partial charge in [0.2, 0.25) is 5.69 Å². The summed E-state index contributed by atoms with van der Waals surface area (Å²) < 4.78 is 45.7. The number of halogens is 3. The fourth-order valence-electron chi connectivity index (χ4n) is 1.61. The van der Waals surface area contributed by atoms with Crippen LogP contribution in [0.15, 0.2) is 24.3 Å². The lowest BCUT2D eigenvalue weighted by molar-refractivity contribution is -0.137. The Morgan fingerprint density at radius 1 is 1.21 bits per heavy atom. The highest BCUT2D eigenvalue weighted by molar-refractivity contribution is 7.10. The Morgan fingerprint density at radius 2 is 1.88 bits per heavy atom. The van der Waals surface area contributed by atoms with Gasteiger partial charge < -0.3 is 10.1 Å². The number of urea groups is 1. The standard InChI is InChI=1S/C13H11F3N4O3S/c1-2-23-11(21)9-10(24-20-19-9)18-12(22)17-8-5-3-7(4-6-8)13(14,15)16/h3-6H,2H2,1H3,(H2,17,18,22). The number of ether oxygens (including phenoxy) is 1. The maximum absolute atomic E-state index is 12.5. The van der Waals surface area contributed by atoms with E-state index >= 15 is 0 Å². The van der Waals surface area contributed by atoms with E-state index < -0.39 is 23.7 Å². The molecule has 0 atom stereocenters. The lowest BCUT2D eigenvalue weighted by Gasteiger charge is -2.09. The van der Waals surface area contributed by atoms with Crippen molar-refractivity contribution in [3.8, 4) is 0 Å². The molecule has 1 aromatic heterocycles. The molecule has 1 aromatic carbocycles. The number of hydrogen-bond donors (Lipinski definition) is 2. The highest BCUT2D eigenvalue weighted by Crippen LogP contribution is 2.29. The van der Waals surface area contributed by atoms with Crippen LogP contribution in [0, 0.1) is 0 Å². The number of anilines is 2. The molecule has 0 aliphatic heterocycles. The number of nitrogens with one attached hydrogen (secondary N) is 2. The van der Waals surface area contributed by atoms with Crippen molar-refractivity contribution in [3.05, 3.63) is 35.5 Å². The van der Waals surface area contributed by atoms with Crippen molar-refractivity contribution < 1.29 is 27.5 Å². The monoisotopic (exact) mass is 360 g/mol. The minimum atomic E-state index is -4.45. The number of carbonyl (C=O) groups is 2. The largest absolute Gasteiger partial charge is 0.461 e. The van der Waals surface area contributed by atoms with Crippen LogP contribution in [0.4, 0.5) is 28.7 Å². The van der Waals surface area contributed by atoms with Gasteiger partial charge in [-0.25, -0.2) is 9.59 Å². The van der Waals surface area contributed by atoms with Crippen LogP contribution in [0.25, 0.3) is 0 Å². The van der Waals surface area contributed by atoms with E-state index in [0.717, 1.165) is 35.8 Å². The molecule has 7 nitrogen and oxygen atoms in total. The fraction of sp³-hybridized carbons (Fsp3) is 0.231. The van der Waals surface area contributed by atoms with E-state index in [2.05, 4.69) is 20.2 Å². The van der Waals surface area contributed by atoms with Crippen LogP contribution in [0.5, 0.6) is 0 Å². The van der Waals surface area contributed by atoms with Gasteiger partial charge >= 0.3 is 18.2 Å². The molecule has 0 spiro atoms. The Labute approximate surface area is 138 Å². The van der Waals surface area contributed by atoms with E-state index in [1.54, 1.807) is 6.92 Å². The molecular formula is C13H11F3N4O3S. The summed E-state index contributed by atoms with van der Waals surface area (Å²) >= 11 is 0.766. The first-order valence-corrected chi connectivity index (χ1v) is 7.33. The molecule has 0 radical (unpaired) electrons. The van der Waals surface area contributed by atoms with E-state index in [-0.39, 0.29) is 23.0 Å². The van der Waals surface area contributed by atoms with E-state index in [1.807, 2.05) is 0 Å². The topological polar surface area (TPSA) is 93.2 Å². The van der Waals surface area contributed by atoms with E-state index in [0.29, 0.717) is 0 Å². The highest BCUT2D eigenvalue weighted by atomic mass is 32.1. The number of hydrogen-bond acceptors (Lipinski definition) is 6. The van der Waals surface area contributed by atoms with Crippen LogP contribution in [0.1, 0.15) is 23.0 Å². The van der Waals surface area contributed by atoms with Crippen molar-refractivity contribution in [2.45, 2.75) is 13.1 Å². The van der Waals surface area contributed by atoms with Crippen molar-refractivity contribution in [2.75, 3.05) is 17.2 Å².